The summed E-state index contributed by atoms with van der Waals surface area (Å²) in [7, 11) is 0. The van der Waals surface area contributed by atoms with Crippen molar-refractivity contribution in [3.63, 3.8) is 0 Å². The third-order valence-corrected chi connectivity index (χ3v) is 3.39. The van der Waals surface area contributed by atoms with Gasteiger partial charge >= 0.3 is 5.84 Å². The maximum atomic E-state index is 5.72. The molecule has 0 bridgehead atoms. The summed E-state index contributed by atoms with van der Waals surface area (Å²) in [6, 6.07) is 14.0. The maximum Gasteiger partial charge on any atom is 0.307 e. The van der Waals surface area contributed by atoms with E-state index in [4.69, 9.17) is 4.42 Å². The molecule has 0 saturated carbocycles. The molecule has 0 amide bonds. The van der Waals surface area contributed by atoms with Crippen molar-refractivity contribution in [3.05, 3.63) is 46.9 Å². The summed E-state index contributed by atoms with van der Waals surface area (Å²) in [5, 5.41) is 0. The quantitative estimate of drug-likeness (QED) is 0.489. The smallest absolute Gasteiger partial charge is 0.307 e. The number of para-hydroxylation sites is 2. The second-order valence-corrected chi connectivity index (χ2v) is 4.85. The highest BCUT2D eigenvalue weighted by Crippen LogP contribution is 2.27. The van der Waals surface area contributed by atoms with Crippen LogP contribution in [0.15, 0.2) is 51.4 Å². The third-order valence-electron chi connectivity index (χ3n) is 2.89. The Labute approximate surface area is 105 Å². The summed E-state index contributed by atoms with van der Waals surface area (Å²) in [6.07, 6.45) is 0. The summed E-state index contributed by atoms with van der Waals surface area (Å²) in [4.78, 5) is 4.46. The molecule has 4 aromatic rings. The lowest BCUT2D eigenvalue weighted by Gasteiger charge is -1.93. The summed E-state index contributed by atoms with van der Waals surface area (Å²) in [5.41, 5.74) is 3.90. The van der Waals surface area contributed by atoms with Crippen LogP contribution in [0.1, 0.15) is 0 Å². The van der Waals surface area contributed by atoms with E-state index in [-0.39, 0.29) is 0 Å². The normalized spacial score (nSPS) is 11.8. The van der Waals surface area contributed by atoms with Gasteiger partial charge in [-0.25, -0.2) is 0 Å². The topological polar surface area (TPSA) is 30.4 Å². The van der Waals surface area contributed by atoms with Crippen molar-refractivity contribution in [1.82, 2.24) is 9.38 Å². The molecule has 0 fully saturated rings. The molecule has 0 saturated heterocycles. The van der Waals surface area contributed by atoms with E-state index in [0.29, 0.717) is 5.84 Å². The fourth-order valence-electron chi connectivity index (χ4n) is 2.16. The summed E-state index contributed by atoms with van der Waals surface area (Å²) in [5.74, 6) is 0.638. The van der Waals surface area contributed by atoms with Gasteiger partial charge in [0.25, 0.3) is 0 Å². The van der Waals surface area contributed by atoms with Gasteiger partial charge in [0, 0.05) is 4.47 Å². The molecule has 0 aliphatic rings. The summed E-state index contributed by atoms with van der Waals surface area (Å²) < 4.78 is 8.79. The monoisotopic (exact) mass is 286 g/mol. The number of fused-ring (bicyclic) bond motifs is 5. The average Bonchev–Trinajstić information content (AvgIpc) is 2.84. The van der Waals surface area contributed by atoms with Crippen LogP contribution < -0.4 is 0 Å². The third kappa shape index (κ3) is 1.18. The first kappa shape index (κ1) is 9.24. The zero-order valence-electron chi connectivity index (χ0n) is 8.72. The van der Waals surface area contributed by atoms with E-state index in [1.54, 1.807) is 0 Å². The van der Waals surface area contributed by atoms with Crippen molar-refractivity contribution in [2.75, 3.05) is 0 Å². The number of hydrogen-bond donors (Lipinski definition) is 0. The SMILES string of the molecule is Brc1ccc2oc3nc4ccccc4n3c2c1. The molecular weight excluding hydrogens is 280 g/mol. The van der Waals surface area contributed by atoms with E-state index >= 15 is 0 Å². The predicted molar refractivity (Wildman–Crippen MR) is 70.2 cm³/mol. The largest absolute Gasteiger partial charge is 0.423 e. The van der Waals surface area contributed by atoms with Crippen LogP contribution in [0, 0.1) is 0 Å². The molecule has 4 rings (SSSR count). The van der Waals surface area contributed by atoms with Gasteiger partial charge in [-0.3, -0.25) is 4.40 Å². The van der Waals surface area contributed by atoms with Crippen LogP contribution in [-0.4, -0.2) is 9.38 Å². The number of benzene rings is 2. The molecule has 0 unspecified atom stereocenters. The van der Waals surface area contributed by atoms with Gasteiger partial charge in [-0.05, 0) is 30.3 Å². The molecule has 82 valence electrons. The van der Waals surface area contributed by atoms with E-state index in [1.165, 1.54) is 0 Å². The Bertz CT molecular complexity index is 860. The highest BCUT2D eigenvalue weighted by atomic mass is 79.9. The van der Waals surface area contributed by atoms with E-state index in [0.717, 1.165) is 26.6 Å². The van der Waals surface area contributed by atoms with Crippen LogP contribution >= 0.6 is 15.9 Å². The van der Waals surface area contributed by atoms with Gasteiger partial charge in [-0.1, -0.05) is 28.1 Å². The molecule has 0 atom stereocenters. The maximum absolute atomic E-state index is 5.72. The number of imidazole rings is 1. The molecule has 17 heavy (non-hydrogen) atoms. The number of aromatic nitrogens is 2. The van der Waals surface area contributed by atoms with Gasteiger partial charge < -0.3 is 4.42 Å². The Hall–Kier alpha value is -1.81. The predicted octanol–water partition coefficient (Wildman–Crippen LogP) is 4.00. The van der Waals surface area contributed by atoms with Crippen molar-refractivity contribution in [2.45, 2.75) is 0 Å². The molecular formula is C13H7BrN2O. The molecule has 4 heteroatoms. The molecule has 2 aromatic heterocycles. The van der Waals surface area contributed by atoms with E-state index in [1.807, 2.05) is 46.9 Å². The minimum atomic E-state index is 0.638. The molecule has 0 aliphatic heterocycles. The number of hydrogen-bond acceptors (Lipinski definition) is 2. The van der Waals surface area contributed by atoms with E-state index in [2.05, 4.69) is 20.9 Å². The molecule has 0 spiro atoms. The zero-order chi connectivity index (χ0) is 11.4. The highest BCUT2D eigenvalue weighted by Gasteiger charge is 2.12. The van der Waals surface area contributed by atoms with Crippen LogP contribution in [0.5, 0.6) is 0 Å². The van der Waals surface area contributed by atoms with Crippen LogP contribution in [-0.2, 0) is 0 Å². The second-order valence-electron chi connectivity index (χ2n) is 3.93. The lowest BCUT2D eigenvalue weighted by molar-refractivity contribution is 0.643. The Morgan fingerprint density at radius 3 is 2.88 bits per heavy atom. The Kier molecular flexibility index (Phi) is 1.69. The molecule has 0 aliphatic carbocycles. The first-order valence-corrected chi connectivity index (χ1v) is 6.07. The molecule has 0 N–H and O–H groups in total. The van der Waals surface area contributed by atoms with Crippen LogP contribution in [0.4, 0.5) is 0 Å². The van der Waals surface area contributed by atoms with Crippen LogP contribution in [0.3, 0.4) is 0 Å². The lowest BCUT2D eigenvalue weighted by atomic mass is 10.3. The van der Waals surface area contributed by atoms with Gasteiger partial charge in [0.1, 0.15) is 0 Å². The minimum Gasteiger partial charge on any atom is -0.423 e. The van der Waals surface area contributed by atoms with Crippen molar-refractivity contribution < 1.29 is 4.42 Å². The number of rotatable bonds is 0. The Balaban J connectivity index is 2.33. The fourth-order valence-corrected chi connectivity index (χ4v) is 2.50. The highest BCUT2D eigenvalue weighted by molar-refractivity contribution is 9.10. The molecule has 3 nitrogen and oxygen atoms in total. The van der Waals surface area contributed by atoms with Crippen molar-refractivity contribution in [3.8, 4) is 0 Å². The van der Waals surface area contributed by atoms with Crippen LogP contribution in [0.25, 0.3) is 28.0 Å². The standard InChI is InChI=1S/C13H7BrN2O/c14-8-5-6-12-11(7-8)16-10-4-2-1-3-9(10)15-13(16)17-12/h1-7H. The van der Waals surface area contributed by atoms with E-state index < -0.39 is 0 Å². The van der Waals surface area contributed by atoms with E-state index in [9.17, 15) is 0 Å². The van der Waals surface area contributed by atoms with Crippen molar-refractivity contribution in [2.24, 2.45) is 0 Å². The summed E-state index contributed by atoms with van der Waals surface area (Å²) >= 11 is 3.48. The van der Waals surface area contributed by atoms with Gasteiger partial charge in [-0.15, -0.1) is 0 Å². The molecule has 2 aromatic carbocycles. The van der Waals surface area contributed by atoms with Crippen molar-refractivity contribution in [1.29, 1.82) is 0 Å². The molecule has 0 radical (unpaired) electrons. The average molecular weight is 287 g/mol. The second kappa shape index (κ2) is 3.11. The van der Waals surface area contributed by atoms with Gasteiger partial charge in [0.2, 0.25) is 0 Å². The lowest BCUT2D eigenvalue weighted by Crippen LogP contribution is -1.79. The number of nitrogens with zero attached hydrogens (tertiary/aromatic N) is 2. The first-order chi connectivity index (χ1) is 8.33. The molecule has 2 heterocycles. The Morgan fingerprint density at radius 2 is 1.94 bits per heavy atom. The summed E-state index contributed by atoms with van der Waals surface area (Å²) in [6.45, 7) is 0. The Morgan fingerprint density at radius 1 is 1.06 bits per heavy atom. The zero-order valence-corrected chi connectivity index (χ0v) is 10.3. The number of halogens is 1. The first-order valence-electron chi connectivity index (χ1n) is 5.28. The van der Waals surface area contributed by atoms with Crippen molar-refractivity contribution >= 4 is 43.9 Å². The van der Waals surface area contributed by atoms with Crippen LogP contribution in [0.2, 0.25) is 0 Å². The minimum absolute atomic E-state index is 0.638. The van der Waals surface area contributed by atoms with Gasteiger partial charge in [0.15, 0.2) is 5.58 Å². The van der Waals surface area contributed by atoms with Gasteiger partial charge in [-0.2, -0.15) is 4.98 Å². The van der Waals surface area contributed by atoms with Gasteiger partial charge in [0.05, 0.1) is 16.6 Å². The fraction of sp³-hybridized carbons (Fsp3) is 0. The number of oxazole rings is 1.